The topological polar surface area (TPSA) is 48.1 Å². The SMILES string of the molecule is Cc1c(NC(=O)N2CCC(N3CCOC(C)C3)CC2)cccc1N(C)C. The van der Waals surface area contributed by atoms with Crippen molar-refractivity contribution in [3.05, 3.63) is 23.8 Å². The summed E-state index contributed by atoms with van der Waals surface area (Å²) in [6, 6.07) is 6.62. The minimum atomic E-state index is 0.0119. The van der Waals surface area contributed by atoms with Crippen molar-refractivity contribution in [3.63, 3.8) is 0 Å². The number of urea groups is 1. The van der Waals surface area contributed by atoms with E-state index in [2.05, 4.69) is 35.0 Å². The minimum absolute atomic E-state index is 0.0119. The number of anilines is 2. The first-order valence-corrected chi connectivity index (χ1v) is 9.64. The molecule has 2 aliphatic rings. The Morgan fingerprint density at radius 3 is 2.62 bits per heavy atom. The van der Waals surface area contributed by atoms with E-state index < -0.39 is 0 Å². The maximum absolute atomic E-state index is 12.7. The van der Waals surface area contributed by atoms with Crippen LogP contribution in [-0.2, 0) is 4.74 Å². The van der Waals surface area contributed by atoms with Crippen LogP contribution in [0.5, 0.6) is 0 Å². The molecule has 2 aliphatic heterocycles. The number of likely N-dealkylation sites (tertiary alicyclic amines) is 1. The Morgan fingerprint density at radius 1 is 1.23 bits per heavy atom. The van der Waals surface area contributed by atoms with Gasteiger partial charge in [0.05, 0.1) is 12.7 Å². The number of carbonyl (C=O) groups excluding carboxylic acids is 1. The van der Waals surface area contributed by atoms with Crippen LogP contribution >= 0.6 is 0 Å². The van der Waals surface area contributed by atoms with Crippen LogP contribution in [0, 0.1) is 6.92 Å². The molecule has 0 aliphatic carbocycles. The molecule has 1 atom stereocenters. The van der Waals surface area contributed by atoms with Crippen LogP contribution in [0.2, 0.25) is 0 Å². The summed E-state index contributed by atoms with van der Waals surface area (Å²) in [6.07, 6.45) is 2.39. The number of morpholine rings is 1. The normalized spacial score (nSPS) is 22.3. The zero-order valence-corrected chi connectivity index (χ0v) is 16.5. The van der Waals surface area contributed by atoms with Crippen molar-refractivity contribution in [2.45, 2.75) is 38.8 Å². The van der Waals surface area contributed by atoms with Crippen LogP contribution in [0.3, 0.4) is 0 Å². The van der Waals surface area contributed by atoms with Crippen LogP contribution < -0.4 is 10.2 Å². The van der Waals surface area contributed by atoms with Crippen molar-refractivity contribution in [1.29, 1.82) is 0 Å². The van der Waals surface area contributed by atoms with Gasteiger partial charge in [-0.1, -0.05) is 6.07 Å². The van der Waals surface area contributed by atoms with E-state index in [0.717, 1.165) is 62.6 Å². The van der Waals surface area contributed by atoms with Crippen molar-refractivity contribution in [2.75, 3.05) is 57.1 Å². The fourth-order valence-corrected chi connectivity index (χ4v) is 4.05. The maximum Gasteiger partial charge on any atom is 0.321 e. The predicted octanol–water partition coefficient (Wildman–Crippen LogP) is 2.78. The third-order valence-corrected chi connectivity index (χ3v) is 5.57. The van der Waals surface area contributed by atoms with Gasteiger partial charge in [-0.25, -0.2) is 4.79 Å². The second-order valence-corrected chi connectivity index (χ2v) is 7.67. The summed E-state index contributed by atoms with van der Waals surface area (Å²) in [6.45, 7) is 8.66. The molecule has 0 radical (unpaired) electrons. The summed E-state index contributed by atoms with van der Waals surface area (Å²) in [4.78, 5) is 19.3. The van der Waals surface area contributed by atoms with Crippen LogP contribution in [-0.4, -0.2) is 74.9 Å². The summed E-state index contributed by atoms with van der Waals surface area (Å²) in [5, 5.41) is 3.10. The van der Waals surface area contributed by atoms with Crippen molar-refractivity contribution in [1.82, 2.24) is 9.80 Å². The quantitative estimate of drug-likeness (QED) is 0.900. The Kier molecular flexibility index (Phi) is 6.04. The molecule has 1 aromatic rings. The van der Waals surface area contributed by atoms with Gasteiger partial charge in [-0.3, -0.25) is 4.90 Å². The Bertz CT molecular complexity index is 626. The first-order chi connectivity index (χ1) is 12.5. The van der Waals surface area contributed by atoms with E-state index in [1.165, 1.54) is 0 Å². The van der Waals surface area contributed by atoms with Gasteiger partial charge in [0.25, 0.3) is 0 Å². The minimum Gasteiger partial charge on any atom is -0.377 e. The number of benzene rings is 1. The average molecular weight is 361 g/mol. The van der Waals surface area contributed by atoms with Crippen molar-refractivity contribution in [2.24, 2.45) is 0 Å². The molecule has 2 amide bonds. The number of nitrogens with one attached hydrogen (secondary N) is 1. The van der Waals surface area contributed by atoms with Gasteiger partial charge in [0.2, 0.25) is 0 Å². The molecule has 0 saturated carbocycles. The number of piperidine rings is 1. The molecule has 0 bridgehead atoms. The van der Waals surface area contributed by atoms with E-state index >= 15 is 0 Å². The van der Waals surface area contributed by atoms with Crippen LogP contribution in [0.4, 0.5) is 16.2 Å². The molecule has 6 heteroatoms. The molecule has 2 heterocycles. The maximum atomic E-state index is 12.7. The monoisotopic (exact) mass is 360 g/mol. The molecule has 0 aromatic heterocycles. The fourth-order valence-electron chi connectivity index (χ4n) is 4.05. The highest BCUT2D eigenvalue weighted by atomic mass is 16.5. The molecule has 1 aromatic carbocycles. The lowest BCUT2D eigenvalue weighted by Crippen LogP contribution is -2.52. The Hall–Kier alpha value is -1.79. The van der Waals surface area contributed by atoms with Gasteiger partial charge in [0.15, 0.2) is 0 Å². The average Bonchev–Trinajstić information content (AvgIpc) is 2.63. The van der Waals surface area contributed by atoms with E-state index in [1.807, 2.05) is 31.1 Å². The lowest BCUT2D eigenvalue weighted by Gasteiger charge is -2.41. The number of hydrogen-bond acceptors (Lipinski definition) is 4. The molecule has 2 saturated heterocycles. The van der Waals surface area contributed by atoms with Crippen LogP contribution in [0.25, 0.3) is 0 Å². The Labute approximate surface area is 157 Å². The van der Waals surface area contributed by atoms with Gasteiger partial charge in [-0.05, 0) is 44.4 Å². The van der Waals surface area contributed by atoms with E-state index in [-0.39, 0.29) is 6.03 Å². The summed E-state index contributed by atoms with van der Waals surface area (Å²) >= 11 is 0. The van der Waals surface area contributed by atoms with Gasteiger partial charge in [-0.15, -0.1) is 0 Å². The predicted molar refractivity (Wildman–Crippen MR) is 106 cm³/mol. The largest absolute Gasteiger partial charge is 0.377 e. The molecule has 0 spiro atoms. The highest BCUT2D eigenvalue weighted by Gasteiger charge is 2.29. The number of rotatable bonds is 3. The van der Waals surface area contributed by atoms with E-state index in [0.29, 0.717) is 12.1 Å². The van der Waals surface area contributed by atoms with Crippen molar-refractivity contribution < 1.29 is 9.53 Å². The molecule has 3 rings (SSSR count). The van der Waals surface area contributed by atoms with E-state index in [1.54, 1.807) is 0 Å². The molecule has 26 heavy (non-hydrogen) atoms. The van der Waals surface area contributed by atoms with Crippen molar-refractivity contribution in [3.8, 4) is 0 Å². The highest BCUT2D eigenvalue weighted by molar-refractivity contribution is 5.91. The number of carbonyl (C=O) groups is 1. The molecular formula is C20H32N4O2. The van der Waals surface area contributed by atoms with Crippen LogP contribution in [0.15, 0.2) is 18.2 Å². The summed E-state index contributed by atoms with van der Waals surface area (Å²) in [5.74, 6) is 0. The summed E-state index contributed by atoms with van der Waals surface area (Å²) < 4.78 is 5.64. The third-order valence-electron chi connectivity index (χ3n) is 5.57. The molecular weight excluding hydrogens is 328 g/mol. The zero-order valence-electron chi connectivity index (χ0n) is 16.5. The zero-order chi connectivity index (χ0) is 18.7. The third kappa shape index (κ3) is 4.30. The van der Waals surface area contributed by atoms with E-state index in [4.69, 9.17) is 4.74 Å². The van der Waals surface area contributed by atoms with Gasteiger partial charge >= 0.3 is 6.03 Å². The van der Waals surface area contributed by atoms with Crippen molar-refractivity contribution >= 4 is 17.4 Å². The number of hydrogen-bond donors (Lipinski definition) is 1. The smallest absolute Gasteiger partial charge is 0.321 e. The Balaban J connectivity index is 1.55. The standard InChI is InChI=1S/C20H32N4O2/c1-15-14-24(12-13-26-15)17-8-10-23(11-9-17)20(25)21-18-6-5-7-19(16(18)2)22(3)4/h5-7,15,17H,8-14H2,1-4H3,(H,21,25). The number of nitrogens with zero attached hydrogens (tertiary/aromatic N) is 3. The summed E-state index contributed by atoms with van der Waals surface area (Å²) in [5.41, 5.74) is 3.12. The first-order valence-electron chi connectivity index (χ1n) is 9.64. The first kappa shape index (κ1) is 19.0. The summed E-state index contributed by atoms with van der Waals surface area (Å²) in [7, 11) is 4.04. The molecule has 6 nitrogen and oxygen atoms in total. The van der Waals surface area contributed by atoms with Gasteiger partial charge in [-0.2, -0.15) is 0 Å². The lowest BCUT2D eigenvalue weighted by molar-refractivity contribution is -0.0415. The van der Waals surface area contributed by atoms with Gasteiger partial charge < -0.3 is 19.9 Å². The lowest BCUT2D eigenvalue weighted by atomic mass is 10.0. The second-order valence-electron chi connectivity index (χ2n) is 7.67. The molecule has 144 valence electrons. The molecule has 1 unspecified atom stereocenters. The van der Waals surface area contributed by atoms with Gasteiger partial charge in [0.1, 0.15) is 0 Å². The second kappa shape index (κ2) is 8.27. The number of ether oxygens (including phenoxy) is 1. The Morgan fingerprint density at radius 2 is 1.96 bits per heavy atom. The van der Waals surface area contributed by atoms with Gasteiger partial charge in [0, 0.05) is 57.7 Å². The molecule has 1 N–H and O–H groups in total. The fraction of sp³-hybridized carbons (Fsp3) is 0.650. The van der Waals surface area contributed by atoms with E-state index in [9.17, 15) is 4.79 Å². The highest BCUT2D eigenvalue weighted by Crippen LogP contribution is 2.26. The van der Waals surface area contributed by atoms with Crippen LogP contribution in [0.1, 0.15) is 25.3 Å². The molecule has 2 fully saturated rings. The number of amides is 2.